The molecule has 2 amide bonds. The molecule has 1 fully saturated rings. The highest BCUT2D eigenvalue weighted by Crippen LogP contribution is 2.14. The van der Waals surface area contributed by atoms with Crippen LogP contribution < -0.4 is 10.6 Å². The summed E-state index contributed by atoms with van der Waals surface area (Å²) in [6.45, 7) is 6.87. The first-order chi connectivity index (χ1) is 9.72. The second-order valence-corrected chi connectivity index (χ2v) is 5.09. The number of benzene rings is 1. The number of rotatable bonds is 4. The highest BCUT2D eigenvalue weighted by Gasteiger charge is 2.20. The summed E-state index contributed by atoms with van der Waals surface area (Å²) >= 11 is 0. The van der Waals surface area contributed by atoms with Crippen LogP contribution in [-0.2, 0) is 0 Å². The summed E-state index contributed by atoms with van der Waals surface area (Å²) < 4.78 is 0. The van der Waals surface area contributed by atoms with Crippen molar-refractivity contribution in [3.63, 3.8) is 0 Å². The van der Waals surface area contributed by atoms with Crippen LogP contribution in [0, 0.1) is 0 Å². The summed E-state index contributed by atoms with van der Waals surface area (Å²) in [6.07, 6.45) is 1.17. The number of carbonyl (C=O) groups is 1. The van der Waals surface area contributed by atoms with Gasteiger partial charge in [0.2, 0.25) is 0 Å². The molecule has 0 bridgehead atoms. The summed E-state index contributed by atoms with van der Waals surface area (Å²) in [5, 5.41) is 6.01. The molecule has 20 heavy (non-hydrogen) atoms. The Morgan fingerprint density at radius 3 is 2.25 bits per heavy atom. The normalized spacial score (nSPS) is 16.0. The molecule has 1 saturated heterocycles. The molecule has 0 radical (unpaired) electrons. The Morgan fingerprint density at radius 1 is 1.10 bits per heavy atom. The van der Waals surface area contributed by atoms with Crippen molar-refractivity contribution in [2.24, 2.45) is 0 Å². The first-order valence-corrected chi connectivity index (χ1v) is 7.29. The molecule has 2 N–H and O–H groups in total. The maximum absolute atomic E-state index is 12.2. The van der Waals surface area contributed by atoms with Gasteiger partial charge in [-0.15, -0.1) is 0 Å². The van der Waals surface area contributed by atoms with Crippen molar-refractivity contribution in [3.05, 3.63) is 24.3 Å². The lowest BCUT2D eigenvalue weighted by Crippen LogP contribution is -2.50. The lowest BCUT2D eigenvalue weighted by molar-refractivity contribution is 0.147. The van der Waals surface area contributed by atoms with Gasteiger partial charge < -0.3 is 15.5 Å². The van der Waals surface area contributed by atoms with E-state index in [1.807, 2.05) is 36.2 Å². The molecule has 0 unspecified atom stereocenters. The minimum Gasteiger partial charge on any atom is -0.388 e. The third-order valence-electron chi connectivity index (χ3n) is 3.62. The average molecular weight is 276 g/mol. The zero-order valence-electron chi connectivity index (χ0n) is 12.4. The van der Waals surface area contributed by atoms with Crippen LogP contribution in [0.25, 0.3) is 0 Å². The van der Waals surface area contributed by atoms with Gasteiger partial charge in [-0.25, -0.2) is 4.79 Å². The van der Waals surface area contributed by atoms with Crippen molar-refractivity contribution in [2.75, 3.05) is 50.4 Å². The average Bonchev–Trinajstić information content (AvgIpc) is 2.49. The van der Waals surface area contributed by atoms with E-state index in [2.05, 4.69) is 22.5 Å². The van der Waals surface area contributed by atoms with Crippen LogP contribution in [-0.4, -0.2) is 55.6 Å². The molecule has 1 aliphatic heterocycles. The molecule has 0 aliphatic carbocycles. The Kier molecular flexibility index (Phi) is 5.24. The summed E-state index contributed by atoms with van der Waals surface area (Å²) in [6, 6.07) is 7.73. The zero-order chi connectivity index (χ0) is 14.4. The van der Waals surface area contributed by atoms with E-state index in [4.69, 9.17) is 0 Å². The highest BCUT2D eigenvalue weighted by atomic mass is 16.2. The second-order valence-electron chi connectivity index (χ2n) is 5.09. The maximum Gasteiger partial charge on any atom is 0.321 e. The highest BCUT2D eigenvalue weighted by molar-refractivity contribution is 5.89. The van der Waals surface area contributed by atoms with E-state index < -0.39 is 0 Å². The molecule has 1 aromatic rings. The van der Waals surface area contributed by atoms with Gasteiger partial charge in [-0.1, -0.05) is 6.92 Å². The van der Waals surface area contributed by atoms with Crippen LogP contribution in [0.2, 0.25) is 0 Å². The standard InChI is InChI=1S/C15H24N4O/c1-3-8-18-9-11-19(12-10-18)15(20)17-14-6-4-13(16-2)5-7-14/h4-7,16H,3,8-12H2,1-2H3,(H,17,20). The van der Waals surface area contributed by atoms with Crippen molar-refractivity contribution in [3.8, 4) is 0 Å². The summed E-state index contributed by atoms with van der Waals surface area (Å²) in [7, 11) is 1.88. The van der Waals surface area contributed by atoms with Gasteiger partial charge in [-0.3, -0.25) is 4.90 Å². The van der Waals surface area contributed by atoms with Gasteiger partial charge in [0.05, 0.1) is 0 Å². The summed E-state index contributed by atoms with van der Waals surface area (Å²) in [5.74, 6) is 0. The fourth-order valence-corrected chi connectivity index (χ4v) is 2.41. The first-order valence-electron chi connectivity index (χ1n) is 7.29. The van der Waals surface area contributed by atoms with Gasteiger partial charge >= 0.3 is 6.03 Å². The van der Waals surface area contributed by atoms with E-state index in [9.17, 15) is 4.79 Å². The number of hydrogen-bond acceptors (Lipinski definition) is 3. The third-order valence-corrected chi connectivity index (χ3v) is 3.62. The summed E-state index contributed by atoms with van der Waals surface area (Å²) in [4.78, 5) is 16.5. The smallest absolute Gasteiger partial charge is 0.321 e. The third kappa shape index (κ3) is 3.87. The Balaban J connectivity index is 1.83. The van der Waals surface area contributed by atoms with Crippen molar-refractivity contribution < 1.29 is 4.79 Å². The maximum atomic E-state index is 12.2. The van der Waals surface area contributed by atoms with Crippen LogP contribution in [0.4, 0.5) is 16.2 Å². The van der Waals surface area contributed by atoms with Crippen LogP contribution in [0.3, 0.4) is 0 Å². The number of carbonyl (C=O) groups excluding carboxylic acids is 1. The molecule has 1 heterocycles. The van der Waals surface area contributed by atoms with Gasteiger partial charge in [-0.05, 0) is 37.2 Å². The van der Waals surface area contributed by atoms with Gasteiger partial charge in [0.15, 0.2) is 0 Å². The Morgan fingerprint density at radius 2 is 1.70 bits per heavy atom. The van der Waals surface area contributed by atoms with Crippen LogP contribution in [0.5, 0.6) is 0 Å². The van der Waals surface area contributed by atoms with Crippen molar-refractivity contribution >= 4 is 17.4 Å². The Hall–Kier alpha value is -1.75. The number of anilines is 2. The SMILES string of the molecule is CCCN1CCN(C(=O)Nc2ccc(NC)cc2)CC1. The zero-order valence-corrected chi connectivity index (χ0v) is 12.4. The Bertz CT molecular complexity index is 424. The van der Waals surface area contributed by atoms with Gasteiger partial charge in [-0.2, -0.15) is 0 Å². The lowest BCUT2D eigenvalue weighted by Gasteiger charge is -2.34. The molecule has 5 heteroatoms. The topological polar surface area (TPSA) is 47.6 Å². The van der Waals surface area contributed by atoms with Crippen LogP contribution in [0.1, 0.15) is 13.3 Å². The molecule has 1 aliphatic rings. The van der Waals surface area contributed by atoms with Crippen molar-refractivity contribution in [1.82, 2.24) is 9.80 Å². The number of nitrogens with one attached hydrogen (secondary N) is 2. The van der Waals surface area contributed by atoms with Crippen molar-refractivity contribution in [1.29, 1.82) is 0 Å². The molecule has 0 aromatic heterocycles. The number of hydrogen-bond donors (Lipinski definition) is 2. The quantitative estimate of drug-likeness (QED) is 0.887. The molecule has 0 atom stereocenters. The number of nitrogens with zero attached hydrogens (tertiary/aromatic N) is 2. The number of urea groups is 1. The molecular weight excluding hydrogens is 252 g/mol. The monoisotopic (exact) mass is 276 g/mol. The fraction of sp³-hybridized carbons (Fsp3) is 0.533. The lowest BCUT2D eigenvalue weighted by atomic mass is 10.2. The fourth-order valence-electron chi connectivity index (χ4n) is 2.41. The molecule has 0 spiro atoms. The van der Waals surface area contributed by atoms with Gasteiger partial charge in [0, 0.05) is 44.6 Å². The molecule has 1 aromatic carbocycles. The molecule has 110 valence electrons. The van der Waals surface area contributed by atoms with Crippen molar-refractivity contribution in [2.45, 2.75) is 13.3 Å². The van der Waals surface area contributed by atoms with Crippen LogP contribution in [0.15, 0.2) is 24.3 Å². The van der Waals surface area contributed by atoms with E-state index in [-0.39, 0.29) is 6.03 Å². The molecule has 2 rings (SSSR count). The van der Waals surface area contributed by atoms with E-state index in [0.29, 0.717) is 0 Å². The minimum atomic E-state index is -0.00152. The molecular formula is C15H24N4O. The Labute approximate surface area is 120 Å². The van der Waals surface area contributed by atoms with Crippen LogP contribution >= 0.6 is 0 Å². The number of piperazine rings is 1. The molecule has 5 nitrogen and oxygen atoms in total. The predicted molar refractivity (Wildman–Crippen MR) is 83.3 cm³/mol. The number of amides is 2. The van der Waals surface area contributed by atoms with Gasteiger partial charge in [0.25, 0.3) is 0 Å². The van der Waals surface area contributed by atoms with E-state index >= 15 is 0 Å². The minimum absolute atomic E-state index is 0.00152. The first kappa shape index (κ1) is 14.7. The van der Waals surface area contributed by atoms with E-state index in [1.165, 1.54) is 6.42 Å². The van der Waals surface area contributed by atoms with E-state index in [1.54, 1.807) is 0 Å². The van der Waals surface area contributed by atoms with Gasteiger partial charge in [0.1, 0.15) is 0 Å². The second kappa shape index (κ2) is 7.14. The predicted octanol–water partition coefficient (Wildman–Crippen LogP) is 2.29. The molecule has 0 saturated carbocycles. The largest absolute Gasteiger partial charge is 0.388 e. The van der Waals surface area contributed by atoms with E-state index in [0.717, 1.165) is 44.1 Å². The summed E-state index contributed by atoms with van der Waals surface area (Å²) in [5.41, 5.74) is 1.88.